The van der Waals surface area contributed by atoms with Crippen molar-refractivity contribution in [3.8, 4) is 5.75 Å². The summed E-state index contributed by atoms with van der Waals surface area (Å²) in [5, 5.41) is 14.3. The minimum atomic E-state index is -0.563. The Hall–Kier alpha value is -1.81. The van der Waals surface area contributed by atoms with Crippen molar-refractivity contribution in [3.63, 3.8) is 0 Å². The fraction of sp³-hybridized carbons (Fsp3) is 0.400. The summed E-state index contributed by atoms with van der Waals surface area (Å²) in [6, 6.07) is 7.54. The second-order valence-electron chi connectivity index (χ2n) is 4.99. The van der Waals surface area contributed by atoms with Crippen molar-refractivity contribution in [1.29, 1.82) is 0 Å². The van der Waals surface area contributed by atoms with Crippen LogP contribution in [-0.4, -0.2) is 21.0 Å². The fourth-order valence-electron chi connectivity index (χ4n) is 1.89. The van der Waals surface area contributed by atoms with Gasteiger partial charge in [0.1, 0.15) is 5.75 Å². The van der Waals surface area contributed by atoms with Crippen LogP contribution in [0, 0.1) is 6.92 Å². The Bertz CT molecular complexity index is 517. The van der Waals surface area contributed by atoms with Crippen LogP contribution in [0.2, 0.25) is 0 Å². The molecule has 0 spiro atoms. The molecule has 1 heterocycles. The van der Waals surface area contributed by atoms with Gasteiger partial charge >= 0.3 is 0 Å². The highest BCUT2D eigenvalue weighted by Crippen LogP contribution is 2.19. The highest BCUT2D eigenvalue weighted by Gasteiger charge is 2.09. The monoisotopic (exact) mass is 260 g/mol. The third-order valence-electron chi connectivity index (χ3n) is 2.76. The second-order valence-corrected chi connectivity index (χ2v) is 4.99. The van der Waals surface area contributed by atoms with Gasteiger partial charge in [-0.1, -0.05) is 12.1 Å². The lowest BCUT2D eigenvalue weighted by Crippen LogP contribution is -2.09. The van der Waals surface area contributed by atoms with Gasteiger partial charge in [0.15, 0.2) is 0 Å². The van der Waals surface area contributed by atoms with Crippen molar-refractivity contribution in [2.75, 3.05) is 0 Å². The van der Waals surface area contributed by atoms with Crippen LogP contribution >= 0.6 is 0 Å². The lowest BCUT2D eigenvalue weighted by Gasteiger charge is -2.13. The fourth-order valence-corrected chi connectivity index (χ4v) is 1.89. The number of aryl methyl sites for hydroxylation is 1. The van der Waals surface area contributed by atoms with E-state index in [4.69, 9.17) is 4.74 Å². The first-order valence-electron chi connectivity index (χ1n) is 6.48. The zero-order chi connectivity index (χ0) is 13.8. The van der Waals surface area contributed by atoms with Gasteiger partial charge in [-0.15, -0.1) is 0 Å². The van der Waals surface area contributed by atoms with Crippen molar-refractivity contribution in [2.45, 2.75) is 39.5 Å². The molecule has 0 aliphatic heterocycles. The van der Waals surface area contributed by atoms with E-state index < -0.39 is 6.10 Å². The maximum Gasteiger partial charge on any atom is 0.119 e. The third kappa shape index (κ3) is 3.83. The molecule has 1 atom stereocenters. The van der Waals surface area contributed by atoms with Gasteiger partial charge < -0.3 is 9.84 Å². The van der Waals surface area contributed by atoms with Gasteiger partial charge in [-0.05, 0) is 44.0 Å². The molecule has 4 heteroatoms. The lowest BCUT2D eigenvalue weighted by atomic mass is 10.1. The first-order chi connectivity index (χ1) is 9.04. The van der Waals surface area contributed by atoms with E-state index in [1.165, 1.54) is 0 Å². The van der Waals surface area contributed by atoms with Gasteiger partial charge in [0, 0.05) is 6.20 Å². The molecule has 0 aliphatic carbocycles. The van der Waals surface area contributed by atoms with E-state index >= 15 is 0 Å². The largest absolute Gasteiger partial charge is 0.491 e. The number of rotatable bonds is 5. The molecule has 1 aromatic carbocycles. The number of aromatic nitrogens is 2. The summed E-state index contributed by atoms with van der Waals surface area (Å²) < 4.78 is 7.32. The molecule has 4 nitrogen and oxygen atoms in total. The van der Waals surface area contributed by atoms with Crippen LogP contribution in [-0.2, 0) is 6.54 Å². The van der Waals surface area contributed by atoms with Crippen molar-refractivity contribution >= 4 is 0 Å². The predicted octanol–water partition coefficient (Wildman–Crippen LogP) is 2.71. The first-order valence-corrected chi connectivity index (χ1v) is 6.48. The molecule has 19 heavy (non-hydrogen) atoms. The molecule has 0 bridgehead atoms. The zero-order valence-corrected chi connectivity index (χ0v) is 11.6. The van der Waals surface area contributed by atoms with Gasteiger partial charge in [-0.3, -0.25) is 4.68 Å². The summed E-state index contributed by atoms with van der Waals surface area (Å²) in [4.78, 5) is 0. The van der Waals surface area contributed by atoms with Gasteiger partial charge in [-0.25, -0.2) is 0 Å². The Morgan fingerprint density at radius 2 is 1.95 bits per heavy atom. The number of ether oxygens (including phenoxy) is 1. The number of hydrogen-bond donors (Lipinski definition) is 1. The minimum Gasteiger partial charge on any atom is -0.491 e. The standard InChI is InChI=1S/C15H20N2O2/c1-11(2)19-14-6-4-13(5-7-14)15(18)10-17-9-12(3)8-16-17/h4-9,11,15,18H,10H2,1-3H3. The smallest absolute Gasteiger partial charge is 0.119 e. The molecule has 0 amide bonds. The van der Waals surface area contributed by atoms with Crippen molar-refractivity contribution in [1.82, 2.24) is 9.78 Å². The van der Waals surface area contributed by atoms with Crippen LogP contribution in [0.4, 0.5) is 0 Å². The molecule has 1 unspecified atom stereocenters. The minimum absolute atomic E-state index is 0.155. The molecular weight excluding hydrogens is 240 g/mol. The summed E-state index contributed by atoms with van der Waals surface area (Å²) in [5.41, 5.74) is 1.96. The van der Waals surface area contributed by atoms with E-state index in [1.54, 1.807) is 10.9 Å². The average Bonchev–Trinajstić information content (AvgIpc) is 2.75. The van der Waals surface area contributed by atoms with Crippen LogP contribution < -0.4 is 4.74 Å². The van der Waals surface area contributed by atoms with Gasteiger partial charge in [0.25, 0.3) is 0 Å². The zero-order valence-electron chi connectivity index (χ0n) is 11.6. The highest BCUT2D eigenvalue weighted by molar-refractivity contribution is 5.28. The van der Waals surface area contributed by atoms with Crippen LogP contribution in [0.25, 0.3) is 0 Å². The summed E-state index contributed by atoms with van der Waals surface area (Å²) in [5.74, 6) is 0.820. The molecule has 2 aromatic rings. The third-order valence-corrected chi connectivity index (χ3v) is 2.76. The Kier molecular flexibility index (Phi) is 4.22. The van der Waals surface area contributed by atoms with Gasteiger partial charge in [0.2, 0.25) is 0 Å². The molecule has 1 aromatic heterocycles. The number of benzene rings is 1. The summed E-state index contributed by atoms with van der Waals surface area (Å²) in [7, 11) is 0. The first kappa shape index (κ1) is 13.6. The van der Waals surface area contributed by atoms with Gasteiger partial charge in [0.05, 0.1) is 24.9 Å². The molecule has 0 aliphatic rings. The molecule has 0 saturated heterocycles. The Morgan fingerprint density at radius 3 is 2.47 bits per heavy atom. The van der Waals surface area contributed by atoms with Crippen molar-refractivity contribution in [3.05, 3.63) is 47.8 Å². The number of aliphatic hydroxyl groups excluding tert-OH is 1. The van der Waals surface area contributed by atoms with E-state index in [2.05, 4.69) is 5.10 Å². The van der Waals surface area contributed by atoms with Crippen LogP contribution in [0.15, 0.2) is 36.7 Å². The van der Waals surface area contributed by atoms with Crippen LogP contribution in [0.3, 0.4) is 0 Å². The molecule has 102 valence electrons. The summed E-state index contributed by atoms with van der Waals surface area (Å²) >= 11 is 0. The van der Waals surface area contributed by atoms with Crippen LogP contribution in [0.5, 0.6) is 5.75 Å². The molecule has 0 saturated carbocycles. The van der Waals surface area contributed by atoms with Gasteiger partial charge in [-0.2, -0.15) is 5.10 Å². The van der Waals surface area contributed by atoms with E-state index in [1.807, 2.05) is 51.2 Å². The maximum atomic E-state index is 10.2. The molecule has 2 rings (SSSR count). The maximum absolute atomic E-state index is 10.2. The Morgan fingerprint density at radius 1 is 1.26 bits per heavy atom. The second kappa shape index (κ2) is 5.89. The van der Waals surface area contributed by atoms with Crippen molar-refractivity contribution < 1.29 is 9.84 Å². The number of aliphatic hydroxyl groups is 1. The van der Waals surface area contributed by atoms with Crippen LogP contribution in [0.1, 0.15) is 31.1 Å². The van der Waals surface area contributed by atoms with E-state index in [0.717, 1.165) is 16.9 Å². The van der Waals surface area contributed by atoms with E-state index in [0.29, 0.717) is 6.54 Å². The Labute approximate surface area is 113 Å². The van der Waals surface area contributed by atoms with E-state index in [9.17, 15) is 5.11 Å². The predicted molar refractivity (Wildman–Crippen MR) is 74.1 cm³/mol. The molecule has 0 fully saturated rings. The SMILES string of the molecule is Cc1cnn(CC(O)c2ccc(OC(C)C)cc2)c1. The normalized spacial score (nSPS) is 12.7. The molecule has 0 radical (unpaired) electrons. The number of nitrogens with zero attached hydrogens (tertiary/aromatic N) is 2. The molecule has 1 N–H and O–H groups in total. The Balaban J connectivity index is 2.01. The van der Waals surface area contributed by atoms with E-state index in [-0.39, 0.29) is 6.10 Å². The highest BCUT2D eigenvalue weighted by atomic mass is 16.5. The summed E-state index contributed by atoms with van der Waals surface area (Å²) in [6.45, 7) is 6.41. The quantitative estimate of drug-likeness (QED) is 0.899. The van der Waals surface area contributed by atoms with Crippen molar-refractivity contribution in [2.24, 2.45) is 0 Å². The average molecular weight is 260 g/mol. The summed E-state index contributed by atoms with van der Waals surface area (Å²) in [6.07, 6.45) is 3.29. The topological polar surface area (TPSA) is 47.3 Å². The lowest BCUT2D eigenvalue weighted by molar-refractivity contribution is 0.151. The number of hydrogen-bond acceptors (Lipinski definition) is 3. The molecular formula is C15H20N2O2.